The predicted molar refractivity (Wildman–Crippen MR) is 30.3 cm³/mol. The number of alkyl halides is 2. The van der Waals surface area contributed by atoms with E-state index >= 15 is 0 Å². The van der Waals surface area contributed by atoms with Crippen LogP contribution in [0, 0.1) is 0 Å². The van der Waals surface area contributed by atoms with Crippen molar-refractivity contribution in [1.29, 1.82) is 0 Å². The molecule has 0 amide bonds. The fourth-order valence-corrected chi connectivity index (χ4v) is 0.896. The van der Waals surface area contributed by atoms with Crippen LogP contribution in [0.5, 0.6) is 0 Å². The topological polar surface area (TPSA) is 0 Å². The Morgan fingerprint density at radius 3 is 1.86 bits per heavy atom. The molecule has 0 aromatic heterocycles. The molecular weight excluding hydrogens is 199 g/mol. The molecule has 0 unspecified atom stereocenters. The van der Waals surface area contributed by atoms with Gasteiger partial charge in [0.25, 0.3) is 0 Å². The SMILES string of the molecule is CCC(C)(C)[I-]C. The van der Waals surface area contributed by atoms with Gasteiger partial charge in [0.2, 0.25) is 0 Å². The predicted octanol–water partition coefficient (Wildman–Crippen LogP) is -1.11. The molecular formula is C6H14I-. The van der Waals surface area contributed by atoms with Gasteiger partial charge in [-0.1, -0.05) is 0 Å². The van der Waals surface area contributed by atoms with Crippen LogP contribution in [0.3, 0.4) is 0 Å². The van der Waals surface area contributed by atoms with Gasteiger partial charge in [0, 0.05) is 0 Å². The molecule has 0 aromatic rings. The summed E-state index contributed by atoms with van der Waals surface area (Å²) in [5, 5.41) is 0. The van der Waals surface area contributed by atoms with Gasteiger partial charge < -0.3 is 0 Å². The van der Waals surface area contributed by atoms with Crippen LogP contribution in [0.4, 0.5) is 0 Å². The van der Waals surface area contributed by atoms with Crippen molar-refractivity contribution in [3.8, 4) is 0 Å². The van der Waals surface area contributed by atoms with Crippen molar-refractivity contribution in [3.63, 3.8) is 0 Å². The van der Waals surface area contributed by atoms with E-state index in [4.69, 9.17) is 0 Å². The standard InChI is InChI=1S/C6H14I/c1-5-6(2,3)7-4/h5H2,1-4H3/q-1. The minimum atomic E-state index is 0.461. The van der Waals surface area contributed by atoms with E-state index in [2.05, 4.69) is 25.7 Å². The van der Waals surface area contributed by atoms with Crippen molar-refractivity contribution < 1.29 is 21.2 Å². The monoisotopic (exact) mass is 213 g/mol. The molecule has 0 heterocycles. The van der Waals surface area contributed by atoms with E-state index in [-0.39, 0.29) is 0 Å². The second-order valence-electron chi connectivity index (χ2n) is 2.26. The number of halogens is 1. The third kappa shape index (κ3) is 3.32. The second kappa shape index (κ2) is 2.90. The van der Waals surface area contributed by atoms with E-state index in [9.17, 15) is 0 Å². The fourth-order valence-electron chi connectivity index (χ4n) is 0.134. The normalized spacial score (nSPS) is 12.6. The molecule has 0 radical (unpaired) electrons. The Balaban J connectivity index is 3.36. The van der Waals surface area contributed by atoms with Gasteiger partial charge in [0.1, 0.15) is 0 Å². The van der Waals surface area contributed by atoms with Gasteiger partial charge in [-0.2, -0.15) is 0 Å². The third-order valence-corrected chi connectivity index (χ3v) is 5.04. The molecule has 0 fully saturated rings. The molecule has 46 valence electrons. The van der Waals surface area contributed by atoms with E-state index in [1.54, 1.807) is 0 Å². The maximum absolute atomic E-state index is 2.35. The summed E-state index contributed by atoms with van der Waals surface area (Å²) in [4.78, 5) is 2.35. The van der Waals surface area contributed by atoms with E-state index in [0.717, 1.165) is 0 Å². The Hall–Kier alpha value is 0.730. The summed E-state index contributed by atoms with van der Waals surface area (Å²) in [6.07, 6.45) is 1.34. The quantitative estimate of drug-likeness (QED) is 0.403. The van der Waals surface area contributed by atoms with Gasteiger partial charge in [-0.25, -0.2) is 0 Å². The summed E-state index contributed by atoms with van der Waals surface area (Å²) >= 11 is 0.461. The summed E-state index contributed by atoms with van der Waals surface area (Å²) in [7, 11) is 0. The van der Waals surface area contributed by atoms with Crippen molar-refractivity contribution in [2.24, 2.45) is 0 Å². The minimum absolute atomic E-state index is 0.461. The van der Waals surface area contributed by atoms with E-state index in [1.807, 2.05) is 0 Å². The number of hydrogen-bond acceptors (Lipinski definition) is 0. The maximum atomic E-state index is 2.35. The van der Waals surface area contributed by atoms with Crippen LogP contribution in [-0.2, 0) is 0 Å². The summed E-state index contributed by atoms with van der Waals surface area (Å²) in [6.45, 7) is 6.96. The molecule has 0 aliphatic rings. The summed E-state index contributed by atoms with van der Waals surface area (Å²) in [5.74, 6) is 0. The molecule has 0 atom stereocenters. The van der Waals surface area contributed by atoms with Crippen LogP contribution in [0.25, 0.3) is 0 Å². The van der Waals surface area contributed by atoms with Crippen molar-refractivity contribution in [3.05, 3.63) is 0 Å². The third-order valence-electron chi connectivity index (χ3n) is 1.35. The molecule has 0 saturated heterocycles. The first kappa shape index (κ1) is 7.73. The molecule has 1 heteroatoms. The Kier molecular flexibility index (Phi) is 3.20. The molecule has 0 saturated carbocycles. The number of hydrogen-bond donors (Lipinski definition) is 0. The molecule has 0 aliphatic heterocycles. The summed E-state index contributed by atoms with van der Waals surface area (Å²) in [6, 6.07) is 0. The van der Waals surface area contributed by atoms with Crippen molar-refractivity contribution in [2.75, 3.05) is 4.93 Å². The van der Waals surface area contributed by atoms with Crippen LogP contribution in [0.15, 0.2) is 0 Å². The average Bonchev–Trinajstić information content (AvgIpc) is 1.68. The van der Waals surface area contributed by atoms with Gasteiger partial charge in [-0.15, -0.1) is 0 Å². The number of rotatable bonds is 2. The molecule has 0 nitrogen and oxygen atoms in total. The van der Waals surface area contributed by atoms with E-state index < -0.39 is 0 Å². The van der Waals surface area contributed by atoms with Crippen molar-refractivity contribution >= 4 is 0 Å². The zero-order valence-electron chi connectivity index (χ0n) is 5.59. The van der Waals surface area contributed by atoms with E-state index in [1.165, 1.54) is 6.42 Å². The van der Waals surface area contributed by atoms with Crippen molar-refractivity contribution in [2.45, 2.75) is 30.6 Å². The van der Waals surface area contributed by atoms with Crippen LogP contribution >= 0.6 is 0 Å². The molecule has 0 aromatic carbocycles. The van der Waals surface area contributed by atoms with Gasteiger partial charge in [-0.05, 0) is 0 Å². The Morgan fingerprint density at radius 1 is 1.43 bits per heavy atom. The summed E-state index contributed by atoms with van der Waals surface area (Å²) < 4.78 is 0.693. The van der Waals surface area contributed by atoms with Gasteiger partial charge >= 0.3 is 56.7 Å². The first-order chi connectivity index (χ1) is 3.12. The van der Waals surface area contributed by atoms with Gasteiger partial charge in [-0.3, -0.25) is 0 Å². The van der Waals surface area contributed by atoms with Gasteiger partial charge in [0.05, 0.1) is 0 Å². The zero-order chi connectivity index (χ0) is 5.91. The Bertz CT molecular complexity index is 42.1. The van der Waals surface area contributed by atoms with Crippen LogP contribution in [-0.4, -0.2) is 8.35 Å². The average molecular weight is 213 g/mol. The summed E-state index contributed by atoms with van der Waals surface area (Å²) in [5.41, 5.74) is 0. The van der Waals surface area contributed by atoms with Crippen LogP contribution in [0.2, 0.25) is 0 Å². The molecule has 0 N–H and O–H groups in total. The molecule has 0 aliphatic carbocycles. The molecule has 0 bridgehead atoms. The fraction of sp³-hybridized carbons (Fsp3) is 1.00. The zero-order valence-corrected chi connectivity index (χ0v) is 7.74. The van der Waals surface area contributed by atoms with Crippen LogP contribution < -0.4 is 21.2 Å². The molecule has 0 rings (SSSR count). The Morgan fingerprint density at radius 2 is 1.86 bits per heavy atom. The molecule has 7 heavy (non-hydrogen) atoms. The molecule has 0 spiro atoms. The van der Waals surface area contributed by atoms with E-state index in [0.29, 0.717) is 24.6 Å². The van der Waals surface area contributed by atoms with Gasteiger partial charge in [0.15, 0.2) is 0 Å². The van der Waals surface area contributed by atoms with Crippen LogP contribution in [0.1, 0.15) is 27.2 Å². The second-order valence-corrected chi connectivity index (χ2v) is 6.26. The Labute approximate surface area is 56.9 Å². The first-order valence-corrected chi connectivity index (χ1v) is 5.86. The van der Waals surface area contributed by atoms with Crippen molar-refractivity contribution in [1.82, 2.24) is 0 Å². The first-order valence-electron chi connectivity index (χ1n) is 2.63.